The summed E-state index contributed by atoms with van der Waals surface area (Å²) in [7, 11) is 1.54. The summed E-state index contributed by atoms with van der Waals surface area (Å²) in [5.74, 6) is -0.222. The fourth-order valence-electron chi connectivity index (χ4n) is 1.96. The normalized spacial score (nSPS) is 11.5. The number of carboxylic acid groups (broad SMARTS) is 1. The van der Waals surface area contributed by atoms with Gasteiger partial charge in [-0.25, -0.2) is 0 Å². The summed E-state index contributed by atoms with van der Waals surface area (Å²) in [6.07, 6.45) is -0.175. The molecule has 0 fully saturated rings. The van der Waals surface area contributed by atoms with Crippen molar-refractivity contribution in [3.05, 3.63) is 46.7 Å². The molecule has 1 aromatic heterocycles. The number of amides is 1. The second-order valence-electron chi connectivity index (χ2n) is 4.70. The van der Waals surface area contributed by atoms with Crippen LogP contribution in [-0.2, 0) is 9.59 Å². The largest absolute Gasteiger partial charge is 0.497 e. The summed E-state index contributed by atoms with van der Waals surface area (Å²) in [5.41, 5.74) is 0. The molecule has 2 aromatic rings. The smallest absolute Gasteiger partial charge is 0.305 e. The van der Waals surface area contributed by atoms with Crippen molar-refractivity contribution in [2.75, 3.05) is 13.7 Å². The first-order valence-electron chi connectivity index (χ1n) is 6.90. The van der Waals surface area contributed by atoms with Gasteiger partial charge in [-0.2, -0.15) is 0 Å². The molecule has 0 aliphatic rings. The fourth-order valence-corrected chi connectivity index (χ4v) is 2.74. The lowest BCUT2D eigenvalue weighted by atomic mass is 10.1. The molecule has 1 amide bonds. The van der Waals surface area contributed by atoms with E-state index >= 15 is 0 Å². The number of aliphatic carboxylic acids is 1. The average Bonchev–Trinajstić information content (AvgIpc) is 3.06. The van der Waals surface area contributed by atoms with Gasteiger partial charge in [-0.05, 0) is 23.6 Å². The Hall–Kier alpha value is -2.54. The lowest BCUT2D eigenvalue weighted by Crippen LogP contribution is -2.33. The van der Waals surface area contributed by atoms with Crippen LogP contribution in [0, 0.1) is 0 Å². The zero-order chi connectivity index (χ0) is 16.7. The van der Waals surface area contributed by atoms with Crippen molar-refractivity contribution in [1.29, 1.82) is 0 Å². The lowest BCUT2D eigenvalue weighted by molar-refractivity contribution is -0.137. The molecule has 0 saturated carbocycles. The van der Waals surface area contributed by atoms with Gasteiger partial charge in [-0.15, -0.1) is 11.3 Å². The van der Waals surface area contributed by atoms with Crippen LogP contribution in [0.4, 0.5) is 0 Å². The first-order valence-corrected chi connectivity index (χ1v) is 7.78. The Balaban J connectivity index is 1.92. The van der Waals surface area contributed by atoms with Crippen molar-refractivity contribution in [2.45, 2.75) is 12.5 Å². The quantitative estimate of drug-likeness (QED) is 0.774. The summed E-state index contributed by atoms with van der Waals surface area (Å²) in [4.78, 5) is 23.7. The number of ether oxygens (including phenoxy) is 2. The molecular formula is C16H17NO5S. The second-order valence-corrected chi connectivity index (χ2v) is 5.68. The van der Waals surface area contributed by atoms with Crippen LogP contribution < -0.4 is 14.8 Å². The Morgan fingerprint density at radius 2 is 2.04 bits per heavy atom. The molecule has 0 aliphatic heterocycles. The number of hydrogen-bond acceptors (Lipinski definition) is 5. The maximum atomic E-state index is 12.0. The Kier molecular flexibility index (Phi) is 5.99. The van der Waals surface area contributed by atoms with Crippen LogP contribution in [0.15, 0.2) is 41.8 Å². The number of rotatable bonds is 8. The molecule has 1 aromatic carbocycles. The van der Waals surface area contributed by atoms with Gasteiger partial charge in [0.05, 0.1) is 19.6 Å². The van der Waals surface area contributed by atoms with Crippen LogP contribution in [-0.4, -0.2) is 30.7 Å². The highest BCUT2D eigenvalue weighted by atomic mass is 32.1. The van der Waals surface area contributed by atoms with Gasteiger partial charge in [-0.1, -0.05) is 12.1 Å². The van der Waals surface area contributed by atoms with Gasteiger partial charge in [0.2, 0.25) is 0 Å². The van der Waals surface area contributed by atoms with E-state index in [2.05, 4.69) is 5.32 Å². The van der Waals surface area contributed by atoms with Crippen molar-refractivity contribution in [1.82, 2.24) is 5.32 Å². The van der Waals surface area contributed by atoms with E-state index in [4.69, 9.17) is 14.6 Å². The molecule has 122 valence electrons. The molecule has 7 heteroatoms. The van der Waals surface area contributed by atoms with Crippen LogP contribution in [0.5, 0.6) is 11.5 Å². The third-order valence-corrected chi connectivity index (χ3v) is 4.00. The van der Waals surface area contributed by atoms with Crippen LogP contribution in [0.3, 0.4) is 0 Å². The Bertz CT molecular complexity index is 656. The first kappa shape index (κ1) is 16.8. The van der Waals surface area contributed by atoms with Gasteiger partial charge in [0.1, 0.15) is 11.5 Å². The van der Waals surface area contributed by atoms with E-state index in [1.165, 1.54) is 11.3 Å². The molecule has 0 aliphatic carbocycles. The number of benzene rings is 1. The van der Waals surface area contributed by atoms with Gasteiger partial charge >= 0.3 is 5.97 Å². The Labute approximate surface area is 137 Å². The predicted molar refractivity (Wildman–Crippen MR) is 85.9 cm³/mol. The average molecular weight is 335 g/mol. The summed E-state index contributed by atoms with van der Waals surface area (Å²) in [6, 6.07) is 9.95. The van der Waals surface area contributed by atoms with E-state index in [-0.39, 0.29) is 18.9 Å². The number of methoxy groups -OCH3 is 1. The summed E-state index contributed by atoms with van der Waals surface area (Å²) < 4.78 is 10.5. The molecular weight excluding hydrogens is 318 g/mol. The molecule has 6 nitrogen and oxygen atoms in total. The highest BCUT2D eigenvalue weighted by molar-refractivity contribution is 7.10. The number of hydrogen-bond donors (Lipinski definition) is 2. The van der Waals surface area contributed by atoms with Crippen LogP contribution >= 0.6 is 11.3 Å². The minimum absolute atomic E-state index is 0.175. The van der Waals surface area contributed by atoms with Gasteiger partial charge in [0.25, 0.3) is 5.91 Å². The van der Waals surface area contributed by atoms with E-state index in [9.17, 15) is 9.59 Å². The van der Waals surface area contributed by atoms with Crippen molar-refractivity contribution < 1.29 is 24.2 Å². The van der Waals surface area contributed by atoms with Crippen LogP contribution in [0.2, 0.25) is 0 Å². The van der Waals surface area contributed by atoms with Crippen molar-refractivity contribution in [2.24, 2.45) is 0 Å². The minimum atomic E-state index is -0.975. The van der Waals surface area contributed by atoms with Gasteiger partial charge in [0.15, 0.2) is 6.61 Å². The Morgan fingerprint density at radius 1 is 1.26 bits per heavy atom. The molecule has 2 rings (SSSR count). The van der Waals surface area contributed by atoms with E-state index in [1.807, 2.05) is 11.4 Å². The molecule has 0 spiro atoms. The zero-order valence-electron chi connectivity index (χ0n) is 12.5. The molecule has 0 unspecified atom stereocenters. The van der Waals surface area contributed by atoms with Crippen LogP contribution in [0.1, 0.15) is 17.3 Å². The topological polar surface area (TPSA) is 84.9 Å². The van der Waals surface area contributed by atoms with Crippen LogP contribution in [0.25, 0.3) is 0 Å². The second kappa shape index (κ2) is 8.19. The third kappa shape index (κ3) is 5.30. The SMILES string of the molecule is COc1cccc(OCC(=O)N[C@@H](CC(=O)O)c2cccs2)c1. The molecule has 0 bridgehead atoms. The maximum Gasteiger partial charge on any atom is 0.305 e. The summed E-state index contributed by atoms with van der Waals surface area (Å²) in [6.45, 7) is -0.200. The lowest BCUT2D eigenvalue weighted by Gasteiger charge is -2.16. The first-order chi connectivity index (χ1) is 11.1. The van der Waals surface area contributed by atoms with Gasteiger partial charge in [0, 0.05) is 10.9 Å². The van der Waals surface area contributed by atoms with Crippen molar-refractivity contribution >= 4 is 23.2 Å². The molecule has 2 N–H and O–H groups in total. The van der Waals surface area contributed by atoms with E-state index in [0.29, 0.717) is 11.5 Å². The van der Waals surface area contributed by atoms with Crippen molar-refractivity contribution in [3.63, 3.8) is 0 Å². The molecule has 1 atom stereocenters. The zero-order valence-corrected chi connectivity index (χ0v) is 13.3. The predicted octanol–water partition coefficient (Wildman–Crippen LogP) is 2.47. The number of nitrogens with one attached hydrogen (secondary N) is 1. The maximum absolute atomic E-state index is 12.0. The van der Waals surface area contributed by atoms with Gasteiger partial charge < -0.3 is 19.9 Å². The van der Waals surface area contributed by atoms with Crippen molar-refractivity contribution in [3.8, 4) is 11.5 Å². The fraction of sp³-hybridized carbons (Fsp3) is 0.250. The molecule has 1 heterocycles. The molecule has 23 heavy (non-hydrogen) atoms. The molecule has 0 saturated heterocycles. The highest BCUT2D eigenvalue weighted by Gasteiger charge is 2.19. The summed E-state index contributed by atoms with van der Waals surface area (Å²) in [5, 5.41) is 13.5. The molecule has 0 radical (unpaired) electrons. The highest BCUT2D eigenvalue weighted by Crippen LogP contribution is 2.22. The monoisotopic (exact) mass is 335 g/mol. The third-order valence-electron chi connectivity index (χ3n) is 3.01. The Morgan fingerprint density at radius 3 is 2.70 bits per heavy atom. The van der Waals surface area contributed by atoms with E-state index < -0.39 is 12.0 Å². The number of carboxylic acids is 1. The van der Waals surface area contributed by atoms with E-state index in [0.717, 1.165) is 4.88 Å². The number of thiophene rings is 1. The minimum Gasteiger partial charge on any atom is -0.497 e. The number of carbonyl (C=O) groups is 2. The number of carbonyl (C=O) groups excluding carboxylic acids is 1. The van der Waals surface area contributed by atoms with E-state index in [1.54, 1.807) is 37.4 Å². The summed E-state index contributed by atoms with van der Waals surface area (Å²) >= 11 is 1.40. The standard InChI is InChI=1S/C16H17NO5S/c1-21-11-4-2-5-12(8-11)22-10-15(18)17-13(9-16(19)20)14-6-3-7-23-14/h2-8,13H,9-10H2,1H3,(H,17,18)(H,19,20)/t13-/m0/s1. The van der Waals surface area contributed by atoms with Gasteiger partial charge in [-0.3, -0.25) is 9.59 Å².